The highest BCUT2D eigenvalue weighted by molar-refractivity contribution is 7.86. The number of azo groups is 3. The van der Waals surface area contributed by atoms with Gasteiger partial charge in [0.15, 0.2) is 0 Å². The number of aromatic hydroxyl groups is 1. The average molecular weight is 941 g/mol. The third-order valence-corrected chi connectivity index (χ3v) is 12.0. The van der Waals surface area contributed by atoms with Crippen LogP contribution in [-0.4, -0.2) is 64.1 Å². The fourth-order valence-electron chi connectivity index (χ4n) is 6.28. The minimum absolute atomic E-state index is 0.0198. The topological polar surface area (TPSA) is 331 Å². The molecule has 0 saturated carbocycles. The van der Waals surface area contributed by atoms with Crippen LogP contribution in [0.1, 0.15) is 10.4 Å². The smallest absolute Gasteiger partial charge is 0.295 e. The van der Waals surface area contributed by atoms with Crippen molar-refractivity contribution in [2.45, 2.75) is 14.7 Å². The fourth-order valence-corrected chi connectivity index (χ4v) is 8.01. The second-order valence-electron chi connectivity index (χ2n) is 13.6. The Kier molecular flexibility index (Phi) is 12.4. The number of phenolic OH excluding ortho intramolecular Hbond substituents is 1. The highest BCUT2D eigenvalue weighted by Gasteiger charge is 2.22. The molecule has 7 aromatic rings. The van der Waals surface area contributed by atoms with Gasteiger partial charge in [-0.25, -0.2) is 0 Å². The van der Waals surface area contributed by atoms with Crippen LogP contribution in [0.5, 0.6) is 17.2 Å². The first-order chi connectivity index (χ1) is 30.7. The van der Waals surface area contributed by atoms with Gasteiger partial charge in [0.2, 0.25) is 0 Å². The number of benzene rings is 7. The van der Waals surface area contributed by atoms with Gasteiger partial charge in [-0.2, -0.15) is 30.4 Å². The molecule has 0 aliphatic rings. The number of hydrogen-bond donors (Lipinski definition) is 6. The van der Waals surface area contributed by atoms with E-state index in [1.807, 2.05) is 0 Å². The van der Waals surface area contributed by atoms with Crippen LogP contribution in [0.4, 0.5) is 45.5 Å². The summed E-state index contributed by atoms with van der Waals surface area (Å²) in [6.45, 7) is 0. The molecule has 0 aromatic heterocycles. The summed E-state index contributed by atoms with van der Waals surface area (Å²) in [7, 11) is -11.5. The summed E-state index contributed by atoms with van der Waals surface area (Å²) in [5.41, 5.74) is 6.77. The van der Waals surface area contributed by atoms with Gasteiger partial charge in [0.25, 0.3) is 36.3 Å². The van der Waals surface area contributed by atoms with Crippen molar-refractivity contribution >= 4 is 103 Å². The summed E-state index contributed by atoms with van der Waals surface area (Å²) in [6.07, 6.45) is 0. The molecular weight excluding hydrogens is 909 g/mol. The van der Waals surface area contributed by atoms with Gasteiger partial charge in [0, 0.05) is 56.7 Å². The molecule has 0 aliphatic heterocycles. The zero-order valence-electron chi connectivity index (χ0n) is 33.4. The van der Waals surface area contributed by atoms with Crippen molar-refractivity contribution in [1.29, 1.82) is 0 Å². The molecule has 0 aliphatic carbocycles. The number of nitrogens with one attached hydrogen (secondary N) is 1. The van der Waals surface area contributed by atoms with Crippen molar-refractivity contribution in [2.24, 2.45) is 30.7 Å². The van der Waals surface area contributed by atoms with Crippen LogP contribution in [-0.2, 0) is 30.4 Å². The average Bonchev–Trinajstić information content (AvgIpc) is 3.26. The monoisotopic (exact) mass is 940 g/mol. The number of hydrogen-bond acceptors (Lipinski definition) is 17. The lowest BCUT2D eigenvalue weighted by Gasteiger charge is -2.12. The number of carbonyl (C=O) groups excluding carboxylic acids is 1. The van der Waals surface area contributed by atoms with Crippen molar-refractivity contribution < 1.29 is 58.3 Å². The van der Waals surface area contributed by atoms with E-state index < -0.39 is 56.7 Å². The van der Waals surface area contributed by atoms with Crippen LogP contribution in [0.15, 0.2) is 161 Å². The van der Waals surface area contributed by atoms with Gasteiger partial charge in [-0.3, -0.25) is 18.5 Å². The number of nitrogens with zero attached hydrogens (tertiary/aromatic N) is 6. The number of carbonyl (C=O) groups is 1. The van der Waals surface area contributed by atoms with Gasteiger partial charge in [0.1, 0.15) is 39.2 Å². The van der Waals surface area contributed by atoms with E-state index >= 15 is 0 Å². The molecule has 65 heavy (non-hydrogen) atoms. The third-order valence-electron chi connectivity index (χ3n) is 9.39. The molecule has 0 saturated heterocycles. The lowest BCUT2D eigenvalue weighted by molar-refractivity contribution is 0.102. The predicted molar refractivity (Wildman–Crippen MR) is 236 cm³/mol. The van der Waals surface area contributed by atoms with Crippen LogP contribution in [0.25, 0.3) is 21.5 Å². The summed E-state index contributed by atoms with van der Waals surface area (Å²) in [5.74, 6) is -1.09. The summed E-state index contributed by atoms with van der Waals surface area (Å²) in [5, 5.41) is 39.2. The van der Waals surface area contributed by atoms with Crippen LogP contribution < -0.4 is 20.5 Å². The molecule has 0 radical (unpaired) electrons. The van der Waals surface area contributed by atoms with E-state index in [4.69, 9.17) is 15.2 Å². The van der Waals surface area contributed by atoms with Gasteiger partial charge < -0.3 is 25.6 Å². The first kappa shape index (κ1) is 45.3. The number of amides is 1. The minimum Gasteiger partial charge on any atom is -0.506 e. The van der Waals surface area contributed by atoms with E-state index in [0.29, 0.717) is 11.1 Å². The van der Waals surface area contributed by atoms with Crippen LogP contribution in [0.3, 0.4) is 0 Å². The molecule has 21 nitrogen and oxygen atoms in total. The van der Waals surface area contributed by atoms with Crippen molar-refractivity contribution in [3.05, 3.63) is 121 Å². The molecule has 24 heteroatoms. The lowest BCUT2D eigenvalue weighted by Crippen LogP contribution is -2.12. The Hall–Kier alpha value is -7.74. The number of phenols is 1. The largest absolute Gasteiger partial charge is 0.506 e. The molecule has 7 aromatic carbocycles. The first-order valence-electron chi connectivity index (χ1n) is 18.3. The predicted octanol–water partition coefficient (Wildman–Crippen LogP) is 9.54. The number of ether oxygens (including phenoxy) is 2. The maximum Gasteiger partial charge on any atom is 0.295 e. The van der Waals surface area contributed by atoms with E-state index in [9.17, 15) is 48.8 Å². The molecule has 0 atom stereocenters. The Morgan fingerprint density at radius 1 is 0.554 bits per heavy atom. The highest BCUT2D eigenvalue weighted by Crippen LogP contribution is 2.45. The van der Waals surface area contributed by atoms with E-state index in [0.717, 1.165) is 24.3 Å². The number of nitrogen functional groups attached to an aromatic ring is 1. The van der Waals surface area contributed by atoms with E-state index in [1.165, 1.54) is 105 Å². The first-order valence-corrected chi connectivity index (χ1v) is 22.6. The lowest BCUT2D eigenvalue weighted by atomic mass is 10.1. The number of nitrogens with two attached hydrogens (primary N) is 1. The Bertz CT molecular complexity index is 3510. The maximum absolute atomic E-state index is 12.9. The van der Waals surface area contributed by atoms with Crippen LogP contribution in [0.2, 0.25) is 0 Å². The molecular formula is C41H32N8O13S3. The molecule has 0 unspecified atom stereocenters. The normalized spacial score (nSPS) is 12.4. The zero-order chi connectivity index (χ0) is 46.8. The van der Waals surface area contributed by atoms with E-state index in [-0.39, 0.29) is 73.0 Å². The highest BCUT2D eigenvalue weighted by atomic mass is 32.2. The summed E-state index contributed by atoms with van der Waals surface area (Å²) in [4.78, 5) is 11.3. The molecule has 7 rings (SSSR count). The molecule has 0 fully saturated rings. The molecule has 0 spiro atoms. The molecule has 0 bridgehead atoms. The van der Waals surface area contributed by atoms with Crippen LogP contribution in [0, 0.1) is 0 Å². The Morgan fingerprint density at radius 3 is 1.74 bits per heavy atom. The van der Waals surface area contributed by atoms with Gasteiger partial charge in [-0.1, -0.05) is 12.1 Å². The van der Waals surface area contributed by atoms with Gasteiger partial charge >= 0.3 is 0 Å². The molecule has 1 amide bonds. The Balaban J connectivity index is 1.24. The number of anilines is 2. The Labute approximate surface area is 368 Å². The Morgan fingerprint density at radius 2 is 1.12 bits per heavy atom. The number of methoxy groups -OCH3 is 2. The molecule has 7 N–H and O–H groups in total. The second-order valence-corrected chi connectivity index (χ2v) is 17.8. The quantitative estimate of drug-likeness (QED) is 0.0356. The standard InChI is InChI=1S/C41H32N8O13S3/c1-61-37-20-35(48-49-40-29-12-10-24(43-41(51)22-6-8-23(42)9-7-22)17-31(29)39(21-36(40)50)65(58,59)60)38(62-2)19-34(37)47-46-33-15-14-32(28-13-11-27(18-30(28)33)64(55,56)57)45-44-25-4-3-5-26(16-25)63(52,53)54/h3-21,50H,42H2,1-2H3,(H,43,51)(H,52,53,54)(H,55,56,57)(H,58,59,60). The zero-order valence-corrected chi connectivity index (χ0v) is 35.9. The van der Waals surface area contributed by atoms with Crippen molar-refractivity contribution in [3.8, 4) is 17.2 Å². The van der Waals surface area contributed by atoms with E-state index in [2.05, 4.69) is 36.0 Å². The summed E-state index contributed by atoms with van der Waals surface area (Å²) < 4.78 is 113. The summed E-state index contributed by atoms with van der Waals surface area (Å²) in [6, 6.07) is 25.2. The SMILES string of the molecule is COc1cc(N=Nc2c(O)cc(S(=O)(=O)O)c3cc(NC(=O)c4ccc(N)cc4)ccc23)c(OC)cc1N=Nc1ccc(N=Nc2cccc(S(=O)(=O)O)c2)c2ccc(S(=O)(=O)O)cc12. The van der Waals surface area contributed by atoms with Crippen molar-refractivity contribution in [1.82, 2.24) is 0 Å². The van der Waals surface area contributed by atoms with Gasteiger partial charge in [0.05, 0.1) is 41.1 Å². The van der Waals surface area contributed by atoms with Crippen molar-refractivity contribution in [2.75, 3.05) is 25.3 Å². The number of fused-ring (bicyclic) bond motifs is 2. The summed E-state index contributed by atoms with van der Waals surface area (Å²) >= 11 is 0. The minimum atomic E-state index is -4.92. The van der Waals surface area contributed by atoms with E-state index in [1.54, 1.807) is 0 Å². The molecule has 0 heterocycles. The maximum atomic E-state index is 12.9. The van der Waals surface area contributed by atoms with Crippen LogP contribution >= 0.6 is 0 Å². The van der Waals surface area contributed by atoms with Gasteiger partial charge in [-0.05, 0) is 84.9 Å². The molecule has 332 valence electrons. The van der Waals surface area contributed by atoms with Gasteiger partial charge in [-0.15, -0.1) is 25.6 Å². The third kappa shape index (κ3) is 10.1. The number of rotatable bonds is 13. The van der Waals surface area contributed by atoms with Crippen molar-refractivity contribution in [3.63, 3.8) is 0 Å². The fraction of sp³-hybridized carbons (Fsp3) is 0.0488. The second kappa shape index (κ2) is 17.8.